The second kappa shape index (κ2) is 5.62. The highest BCUT2D eigenvalue weighted by molar-refractivity contribution is 5.84. The number of furan rings is 1. The molecule has 6 nitrogen and oxygen atoms in total. The van der Waals surface area contributed by atoms with Crippen LogP contribution in [0.1, 0.15) is 28.6 Å². The third-order valence-corrected chi connectivity index (χ3v) is 2.79. The smallest absolute Gasteiger partial charge is 0.136 e. The summed E-state index contributed by atoms with van der Waals surface area (Å²) in [4.78, 5) is 8.35. The van der Waals surface area contributed by atoms with Crippen molar-refractivity contribution >= 4 is 12.0 Å². The van der Waals surface area contributed by atoms with Gasteiger partial charge in [-0.2, -0.15) is 0 Å². The highest BCUT2D eigenvalue weighted by Crippen LogP contribution is 2.15. The Labute approximate surface area is 110 Å². The van der Waals surface area contributed by atoms with Gasteiger partial charge in [-0.05, 0) is 25.5 Å². The first-order chi connectivity index (χ1) is 9.13. The molecule has 0 aliphatic rings. The van der Waals surface area contributed by atoms with E-state index >= 15 is 0 Å². The number of nitrogens with two attached hydrogens (primary N) is 1. The maximum atomic E-state index is 8.93. The molecule has 0 atom stereocenters. The maximum Gasteiger partial charge on any atom is 0.136 e. The molecular formula is C13H16N4O2. The van der Waals surface area contributed by atoms with Gasteiger partial charge < -0.3 is 20.7 Å². The predicted molar refractivity (Wildman–Crippen MR) is 71.1 cm³/mol. The van der Waals surface area contributed by atoms with Crippen molar-refractivity contribution in [3.63, 3.8) is 0 Å². The quantitative estimate of drug-likeness (QED) is 0.701. The summed E-state index contributed by atoms with van der Waals surface area (Å²) in [6.45, 7) is 1.66. The minimum atomic E-state index is -0.106. The molecule has 0 fully saturated rings. The fraction of sp³-hybridized carbons (Fsp3) is 0.308. The SMILES string of the molecule is Cc1nc(N)c(C=N)c(CCc2ccc(CO)o2)n1. The molecule has 2 heterocycles. The Morgan fingerprint density at radius 1 is 1.32 bits per heavy atom. The Balaban J connectivity index is 2.16. The second-order valence-corrected chi connectivity index (χ2v) is 4.19. The first-order valence-corrected chi connectivity index (χ1v) is 5.96. The minimum Gasteiger partial charge on any atom is -0.464 e. The van der Waals surface area contributed by atoms with Crippen molar-refractivity contribution in [1.82, 2.24) is 9.97 Å². The molecule has 0 amide bonds. The van der Waals surface area contributed by atoms with E-state index in [1.165, 1.54) is 6.21 Å². The van der Waals surface area contributed by atoms with Crippen molar-refractivity contribution in [2.45, 2.75) is 26.4 Å². The number of aliphatic hydroxyl groups excluding tert-OH is 1. The fourth-order valence-corrected chi connectivity index (χ4v) is 1.89. The van der Waals surface area contributed by atoms with Crippen LogP contribution in [0.25, 0.3) is 0 Å². The van der Waals surface area contributed by atoms with Gasteiger partial charge in [0, 0.05) is 12.6 Å². The van der Waals surface area contributed by atoms with Crippen LogP contribution < -0.4 is 5.73 Å². The molecule has 0 saturated carbocycles. The summed E-state index contributed by atoms with van der Waals surface area (Å²) in [7, 11) is 0. The lowest BCUT2D eigenvalue weighted by Crippen LogP contribution is -2.08. The average Bonchev–Trinajstić information content (AvgIpc) is 2.83. The van der Waals surface area contributed by atoms with Crippen molar-refractivity contribution in [1.29, 1.82) is 5.41 Å². The lowest BCUT2D eigenvalue weighted by Gasteiger charge is -2.07. The highest BCUT2D eigenvalue weighted by atomic mass is 16.4. The molecule has 0 radical (unpaired) electrons. The number of aryl methyl sites for hydroxylation is 3. The van der Waals surface area contributed by atoms with Crippen molar-refractivity contribution < 1.29 is 9.52 Å². The van der Waals surface area contributed by atoms with Gasteiger partial charge in [-0.15, -0.1) is 0 Å². The van der Waals surface area contributed by atoms with E-state index in [1.54, 1.807) is 13.0 Å². The topological polar surface area (TPSA) is 109 Å². The van der Waals surface area contributed by atoms with Crippen molar-refractivity contribution in [2.24, 2.45) is 0 Å². The summed E-state index contributed by atoms with van der Waals surface area (Å²) in [5.41, 5.74) is 7.06. The lowest BCUT2D eigenvalue weighted by atomic mass is 10.1. The molecule has 6 heteroatoms. The third-order valence-electron chi connectivity index (χ3n) is 2.79. The monoisotopic (exact) mass is 260 g/mol. The van der Waals surface area contributed by atoms with E-state index in [9.17, 15) is 0 Å². The van der Waals surface area contributed by atoms with E-state index in [1.807, 2.05) is 6.07 Å². The van der Waals surface area contributed by atoms with Crippen LogP contribution in [0, 0.1) is 12.3 Å². The Hall–Kier alpha value is -2.21. The van der Waals surface area contributed by atoms with Gasteiger partial charge in [0.2, 0.25) is 0 Å². The molecule has 2 rings (SSSR count). The van der Waals surface area contributed by atoms with E-state index in [4.69, 9.17) is 20.7 Å². The molecule has 0 spiro atoms. The van der Waals surface area contributed by atoms with Gasteiger partial charge in [-0.3, -0.25) is 0 Å². The minimum absolute atomic E-state index is 0.106. The first kappa shape index (κ1) is 13.2. The van der Waals surface area contributed by atoms with Gasteiger partial charge in [0.25, 0.3) is 0 Å². The van der Waals surface area contributed by atoms with Gasteiger partial charge in [-0.25, -0.2) is 9.97 Å². The van der Waals surface area contributed by atoms with Crippen LogP contribution in [0.2, 0.25) is 0 Å². The molecule has 2 aromatic rings. The van der Waals surface area contributed by atoms with Gasteiger partial charge in [0.1, 0.15) is 29.8 Å². The number of rotatable bonds is 5. The number of nitrogen functional groups attached to an aromatic ring is 1. The molecule has 0 saturated heterocycles. The third kappa shape index (κ3) is 2.97. The summed E-state index contributed by atoms with van der Waals surface area (Å²) >= 11 is 0. The number of hydrogen-bond donors (Lipinski definition) is 3. The number of aliphatic hydroxyl groups is 1. The zero-order chi connectivity index (χ0) is 13.8. The summed E-state index contributed by atoms with van der Waals surface area (Å²) < 4.78 is 5.41. The Morgan fingerprint density at radius 3 is 2.68 bits per heavy atom. The van der Waals surface area contributed by atoms with E-state index in [0.29, 0.717) is 35.8 Å². The number of hydrogen-bond acceptors (Lipinski definition) is 6. The molecule has 4 N–H and O–H groups in total. The van der Waals surface area contributed by atoms with Crippen LogP contribution in [0.15, 0.2) is 16.5 Å². The summed E-state index contributed by atoms with van der Waals surface area (Å²) in [6.07, 6.45) is 2.42. The van der Waals surface area contributed by atoms with Crippen LogP contribution in [-0.4, -0.2) is 21.3 Å². The van der Waals surface area contributed by atoms with Gasteiger partial charge >= 0.3 is 0 Å². The van der Waals surface area contributed by atoms with Crippen molar-refractivity contribution in [2.75, 3.05) is 5.73 Å². The van der Waals surface area contributed by atoms with E-state index < -0.39 is 0 Å². The predicted octanol–water partition coefficient (Wildman–Crippen LogP) is 1.24. The zero-order valence-electron chi connectivity index (χ0n) is 10.7. The Bertz CT molecular complexity index is 592. The summed E-state index contributed by atoms with van der Waals surface area (Å²) in [5, 5.41) is 16.3. The van der Waals surface area contributed by atoms with Crippen LogP contribution in [0.4, 0.5) is 5.82 Å². The number of nitrogens with zero attached hydrogens (tertiary/aromatic N) is 2. The molecule has 0 aliphatic carbocycles. The van der Waals surface area contributed by atoms with E-state index in [2.05, 4.69) is 9.97 Å². The van der Waals surface area contributed by atoms with Gasteiger partial charge in [0.05, 0.1) is 11.3 Å². The number of anilines is 1. The van der Waals surface area contributed by atoms with Gasteiger partial charge in [0.15, 0.2) is 0 Å². The summed E-state index contributed by atoms with van der Waals surface area (Å²) in [6, 6.07) is 3.57. The van der Waals surface area contributed by atoms with E-state index in [-0.39, 0.29) is 6.61 Å². The molecule has 100 valence electrons. The molecule has 0 unspecified atom stereocenters. The molecule has 0 aliphatic heterocycles. The average molecular weight is 260 g/mol. The first-order valence-electron chi connectivity index (χ1n) is 5.96. The standard InChI is InChI=1S/C13H16N4O2/c1-8-16-12(11(6-14)13(15)17-8)5-4-9-2-3-10(7-18)19-9/h2-3,6,14,18H,4-5,7H2,1H3,(H2,15,16,17). The van der Waals surface area contributed by atoms with Crippen molar-refractivity contribution in [3.8, 4) is 0 Å². The second-order valence-electron chi connectivity index (χ2n) is 4.19. The molecule has 19 heavy (non-hydrogen) atoms. The van der Waals surface area contributed by atoms with E-state index in [0.717, 1.165) is 11.5 Å². The maximum absolute atomic E-state index is 8.93. The van der Waals surface area contributed by atoms with Crippen LogP contribution in [-0.2, 0) is 19.4 Å². The number of aromatic nitrogens is 2. The number of nitrogens with one attached hydrogen (secondary N) is 1. The lowest BCUT2D eigenvalue weighted by molar-refractivity contribution is 0.243. The summed E-state index contributed by atoms with van der Waals surface area (Å²) in [5.74, 6) is 2.23. The molecule has 0 bridgehead atoms. The van der Waals surface area contributed by atoms with Crippen LogP contribution in [0.5, 0.6) is 0 Å². The zero-order valence-corrected chi connectivity index (χ0v) is 10.7. The Kier molecular flexibility index (Phi) is 3.91. The Morgan fingerprint density at radius 2 is 2.05 bits per heavy atom. The molecule has 0 aromatic carbocycles. The van der Waals surface area contributed by atoms with Gasteiger partial charge in [-0.1, -0.05) is 0 Å². The largest absolute Gasteiger partial charge is 0.464 e. The molecular weight excluding hydrogens is 244 g/mol. The highest BCUT2D eigenvalue weighted by Gasteiger charge is 2.10. The van der Waals surface area contributed by atoms with Crippen molar-refractivity contribution in [3.05, 3.63) is 40.7 Å². The fourth-order valence-electron chi connectivity index (χ4n) is 1.89. The molecule has 2 aromatic heterocycles. The normalized spacial score (nSPS) is 10.6. The van der Waals surface area contributed by atoms with Crippen LogP contribution >= 0.6 is 0 Å². The van der Waals surface area contributed by atoms with Crippen LogP contribution in [0.3, 0.4) is 0 Å².